The predicted molar refractivity (Wildman–Crippen MR) is 87.6 cm³/mol. The lowest BCUT2D eigenvalue weighted by molar-refractivity contribution is -0.906. The minimum Gasteiger partial charge on any atom is -0.324 e. The van der Waals surface area contributed by atoms with Gasteiger partial charge in [-0.25, -0.2) is 0 Å². The van der Waals surface area contributed by atoms with Crippen LogP contribution in [0.25, 0.3) is 0 Å². The zero-order chi connectivity index (χ0) is 16.1. The molecule has 0 aliphatic carbocycles. The summed E-state index contributed by atoms with van der Waals surface area (Å²) in [7, 11) is -3.78. The maximum absolute atomic E-state index is 9.85. The highest BCUT2D eigenvalue weighted by atomic mass is 31.2. The van der Waals surface area contributed by atoms with E-state index >= 15 is 0 Å². The van der Waals surface area contributed by atoms with Crippen LogP contribution >= 0.6 is 7.60 Å². The van der Waals surface area contributed by atoms with Crippen molar-refractivity contribution in [3.8, 4) is 0 Å². The molecule has 0 aliphatic rings. The molecule has 0 aromatic carbocycles. The number of hydrogen-bond donors (Lipinski definition) is 2. The summed E-state index contributed by atoms with van der Waals surface area (Å²) in [5, 5.41) is 0. The lowest BCUT2D eigenvalue weighted by Crippen LogP contribution is -2.48. The van der Waals surface area contributed by atoms with Crippen molar-refractivity contribution in [3.63, 3.8) is 0 Å². The predicted octanol–water partition coefficient (Wildman–Crippen LogP) is 2.90. The second-order valence-corrected chi connectivity index (χ2v) is 6.06. The lowest BCUT2D eigenvalue weighted by Gasteiger charge is -2.35. The monoisotopic (exact) mass is 300 g/mol. The van der Waals surface area contributed by atoms with E-state index in [1.165, 1.54) is 6.08 Å². The Kier molecular flexibility index (Phi) is 12.3. The van der Waals surface area contributed by atoms with Crippen LogP contribution in [0.5, 0.6) is 0 Å². The van der Waals surface area contributed by atoms with E-state index in [0.717, 1.165) is 30.7 Å². The fraction of sp³-hybridized carbons (Fsp3) is 0.333. The van der Waals surface area contributed by atoms with Crippen LogP contribution < -0.4 is 0 Å². The van der Waals surface area contributed by atoms with Crippen molar-refractivity contribution >= 4 is 7.60 Å². The molecule has 0 saturated carbocycles. The van der Waals surface area contributed by atoms with Crippen molar-refractivity contribution in [1.82, 2.24) is 0 Å². The molecule has 114 valence electrons. The number of nitrogens with zero attached hydrogens (tertiary/aromatic N) is 1. The van der Waals surface area contributed by atoms with Gasteiger partial charge in [-0.1, -0.05) is 32.4 Å². The summed E-state index contributed by atoms with van der Waals surface area (Å²) in [5.74, 6) is 0. The molecule has 0 aromatic heterocycles. The number of quaternary nitrogens is 1. The van der Waals surface area contributed by atoms with E-state index in [4.69, 9.17) is 9.79 Å². The van der Waals surface area contributed by atoms with Gasteiger partial charge in [0.25, 0.3) is 0 Å². The molecule has 0 bridgehead atoms. The van der Waals surface area contributed by atoms with E-state index in [1.54, 1.807) is 0 Å². The quantitative estimate of drug-likeness (QED) is 0.370. The van der Waals surface area contributed by atoms with E-state index in [9.17, 15) is 4.57 Å². The Bertz CT molecular complexity index is 326. The molecule has 0 fully saturated rings. The van der Waals surface area contributed by atoms with E-state index in [-0.39, 0.29) is 6.16 Å². The van der Waals surface area contributed by atoms with Gasteiger partial charge in [0, 0.05) is 0 Å². The molecule has 2 N–H and O–H groups in total. The summed E-state index contributed by atoms with van der Waals surface area (Å²) in [6, 6.07) is 0. The molecule has 4 nitrogen and oxygen atoms in total. The summed E-state index contributed by atoms with van der Waals surface area (Å²) < 4.78 is 10.8. The van der Waals surface area contributed by atoms with E-state index in [1.807, 2.05) is 24.3 Å². The van der Waals surface area contributed by atoms with Gasteiger partial charge < -0.3 is 14.3 Å². The molecule has 0 atom stereocenters. The number of rotatable bonds is 10. The standard InChI is InChI=1S/C12H20N.C3H7O3P/c1-5-9-13(10-6-2,11-7-3)12-8-4;1-2-3-7(4,5)6/h5-8H,1-4,9-12H2;2H,1,3H2,(H2,4,5,6)/q+1;. The van der Waals surface area contributed by atoms with Crippen molar-refractivity contribution in [1.29, 1.82) is 0 Å². The average molecular weight is 300 g/mol. The largest absolute Gasteiger partial charge is 0.329 e. The van der Waals surface area contributed by atoms with Crippen molar-refractivity contribution in [2.45, 2.75) is 0 Å². The van der Waals surface area contributed by atoms with Gasteiger partial charge in [-0.3, -0.25) is 4.57 Å². The Balaban J connectivity index is 0. The fourth-order valence-electron chi connectivity index (χ4n) is 1.71. The number of hydrogen-bond acceptors (Lipinski definition) is 1. The van der Waals surface area contributed by atoms with Crippen molar-refractivity contribution in [3.05, 3.63) is 63.3 Å². The first-order valence-electron chi connectivity index (χ1n) is 6.25. The molecule has 0 rings (SSSR count). The minimum atomic E-state index is -3.78. The molecule has 0 aromatic rings. The smallest absolute Gasteiger partial charge is 0.324 e. The molecule has 0 spiro atoms. The first kappa shape index (κ1) is 21.1. The molecule has 0 aliphatic heterocycles. The maximum Gasteiger partial charge on any atom is 0.329 e. The molecule has 0 saturated heterocycles. The van der Waals surface area contributed by atoms with Crippen LogP contribution in [-0.2, 0) is 4.57 Å². The topological polar surface area (TPSA) is 57.5 Å². The Hall–Kier alpha value is -1.19. The Labute approximate surface area is 122 Å². The minimum absolute atomic E-state index is 0.229. The van der Waals surface area contributed by atoms with Gasteiger partial charge in [-0.05, 0) is 24.3 Å². The van der Waals surface area contributed by atoms with Crippen LogP contribution in [0.15, 0.2) is 63.3 Å². The van der Waals surface area contributed by atoms with Gasteiger partial charge in [0.15, 0.2) is 0 Å². The van der Waals surface area contributed by atoms with Crippen molar-refractivity contribution in [2.24, 2.45) is 0 Å². The third-order valence-corrected chi connectivity index (χ3v) is 3.17. The van der Waals surface area contributed by atoms with E-state index in [0.29, 0.717) is 0 Å². The van der Waals surface area contributed by atoms with Gasteiger partial charge in [-0.2, -0.15) is 0 Å². The van der Waals surface area contributed by atoms with Crippen LogP contribution in [-0.4, -0.2) is 46.6 Å². The second kappa shape index (κ2) is 11.6. The third kappa shape index (κ3) is 11.9. The molecule has 0 unspecified atom stereocenters. The fourth-order valence-corrected chi connectivity index (χ4v) is 2.05. The van der Waals surface area contributed by atoms with Gasteiger partial charge in [0.1, 0.15) is 0 Å². The Morgan fingerprint density at radius 2 is 1.05 bits per heavy atom. The summed E-state index contributed by atoms with van der Waals surface area (Å²) in [5.41, 5.74) is 0. The molecule has 20 heavy (non-hydrogen) atoms. The van der Waals surface area contributed by atoms with Gasteiger partial charge in [0.05, 0.1) is 32.3 Å². The van der Waals surface area contributed by atoms with Gasteiger partial charge in [0.2, 0.25) is 0 Å². The normalized spacial score (nSPS) is 10.7. The first-order valence-corrected chi connectivity index (χ1v) is 8.04. The number of allylic oxidation sites excluding steroid dienone is 1. The highest BCUT2D eigenvalue weighted by Gasteiger charge is 2.20. The summed E-state index contributed by atoms with van der Waals surface area (Å²) >= 11 is 0. The zero-order valence-electron chi connectivity index (χ0n) is 12.2. The molecule has 5 heteroatoms. The molecule has 0 radical (unpaired) electrons. The summed E-state index contributed by atoms with van der Waals surface area (Å²) in [6.07, 6.45) is 8.73. The highest BCUT2D eigenvalue weighted by molar-refractivity contribution is 7.51. The van der Waals surface area contributed by atoms with Gasteiger partial charge >= 0.3 is 7.60 Å². The molecule has 0 heterocycles. The molecular formula is C15H27NO3P+. The second-order valence-electron chi connectivity index (χ2n) is 4.36. The maximum atomic E-state index is 9.85. The van der Waals surface area contributed by atoms with Gasteiger partial charge in [-0.15, -0.1) is 6.58 Å². The first-order chi connectivity index (χ1) is 9.30. The molecular weight excluding hydrogens is 273 g/mol. The Morgan fingerprint density at radius 1 is 0.750 bits per heavy atom. The zero-order valence-corrected chi connectivity index (χ0v) is 13.0. The third-order valence-electron chi connectivity index (χ3n) is 2.43. The van der Waals surface area contributed by atoms with E-state index < -0.39 is 7.60 Å². The summed E-state index contributed by atoms with van der Waals surface area (Å²) in [6.45, 7) is 22.0. The summed E-state index contributed by atoms with van der Waals surface area (Å²) in [4.78, 5) is 16.1. The highest BCUT2D eigenvalue weighted by Crippen LogP contribution is 2.33. The van der Waals surface area contributed by atoms with Crippen molar-refractivity contribution < 1.29 is 18.8 Å². The van der Waals surface area contributed by atoms with Crippen LogP contribution in [0.4, 0.5) is 0 Å². The lowest BCUT2D eigenvalue weighted by atomic mass is 10.3. The van der Waals surface area contributed by atoms with E-state index in [2.05, 4.69) is 32.9 Å². The van der Waals surface area contributed by atoms with Crippen molar-refractivity contribution in [2.75, 3.05) is 32.3 Å². The van der Waals surface area contributed by atoms with Crippen LogP contribution in [0, 0.1) is 0 Å². The Morgan fingerprint density at radius 3 is 1.15 bits per heavy atom. The van der Waals surface area contributed by atoms with Crippen LogP contribution in [0.1, 0.15) is 0 Å². The van der Waals surface area contributed by atoms with Crippen LogP contribution in [0.2, 0.25) is 0 Å². The average Bonchev–Trinajstić information content (AvgIpc) is 2.29. The van der Waals surface area contributed by atoms with Crippen LogP contribution in [0.3, 0.4) is 0 Å². The SMILES string of the molecule is C=CCP(=O)(O)O.C=CC[N+](CC=C)(CC=C)CC=C. The molecule has 0 amide bonds.